The van der Waals surface area contributed by atoms with Crippen LogP contribution in [-0.2, 0) is 17.6 Å². The number of hydrogen-bond donors (Lipinski definition) is 2. The maximum Gasteiger partial charge on any atom is 0.317 e. The highest BCUT2D eigenvalue weighted by Crippen LogP contribution is 2.28. The summed E-state index contributed by atoms with van der Waals surface area (Å²) in [5.74, 6) is 0.255. The Bertz CT molecular complexity index is 638. The lowest BCUT2D eigenvalue weighted by Crippen LogP contribution is -2.48. The van der Waals surface area contributed by atoms with Crippen molar-refractivity contribution in [2.45, 2.75) is 57.4 Å². The van der Waals surface area contributed by atoms with E-state index in [0.717, 1.165) is 69.2 Å². The van der Waals surface area contributed by atoms with Crippen LogP contribution in [0, 0.1) is 5.92 Å². The summed E-state index contributed by atoms with van der Waals surface area (Å²) in [7, 11) is 0. The van der Waals surface area contributed by atoms with E-state index in [9.17, 15) is 9.59 Å². The van der Waals surface area contributed by atoms with Gasteiger partial charge in [-0.15, -0.1) is 0 Å². The molecule has 24 heavy (non-hydrogen) atoms. The van der Waals surface area contributed by atoms with Gasteiger partial charge in [-0.1, -0.05) is 5.16 Å². The van der Waals surface area contributed by atoms with E-state index in [1.807, 2.05) is 0 Å². The van der Waals surface area contributed by atoms with Gasteiger partial charge < -0.3 is 14.7 Å². The first-order valence-corrected chi connectivity index (χ1v) is 9.04. The monoisotopic (exact) mass is 332 g/mol. The number of rotatable bonds is 3. The van der Waals surface area contributed by atoms with Crippen LogP contribution in [0.1, 0.15) is 49.8 Å². The van der Waals surface area contributed by atoms with Gasteiger partial charge >= 0.3 is 6.03 Å². The highest BCUT2D eigenvalue weighted by molar-refractivity contribution is 5.92. The van der Waals surface area contributed by atoms with Gasteiger partial charge in [-0.05, 0) is 51.4 Å². The zero-order valence-electron chi connectivity index (χ0n) is 13.8. The molecule has 3 amide bonds. The zero-order chi connectivity index (χ0) is 16.5. The third-order valence-corrected chi connectivity index (χ3v) is 5.18. The number of nitrogens with one attached hydrogen (secondary N) is 2. The minimum atomic E-state index is -0.187. The molecule has 0 bridgehead atoms. The van der Waals surface area contributed by atoms with Crippen molar-refractivity contribution in [2.75, 3.05) is 18.4 Å². The number of hydrogen-bond acceptors (Lipinski definition) is 4. The highest BCUT2D eigenvalue weighted by Gasteiger charge is 2.32. The molecule has 0 spiro atoms. The molecule has 1 saturated carbocycles. The summed E-state index contributed by atoms with van der Waals surface area (Å²) < 4.78 is 5.34. The molecule has 0 aromatic carbocycles. The summed E-state index contributed by atoms with van der Waals surface area (Å²) in [6.07, 6.45) is 7.86. The molecule has 2 aliphatic carbocycles. The van der Waals surface area contributed by atoms with Crippen molar-refractivity contribution in [3.63, 3.8) is 0 Å². The fraction of sp³-hybridized carbons (Fsp3) is 0.706. The number of carbonyl (C=O) groups is 2. The predicted molar refractivity (Wildman–Crippen MR) is 87.6 cm³/mol. The first kappa shape index (κ1) is 15.5. The molecule has 2 heterocycles. The van der Waals surface area contributed by atoms with Gasteiger partial charge in [0.25, 0.3) is 0 Å². The third kappa shape index (κ3) is 3.25. The molecule has 2 N–H and O–H groups in total. The van der Waals surface area contributed by atoms with Crippen molar-refractivity contribution in [3.05, 3.63) is 11.3 Å². The van der Waals surface area contributed by atoms with Gasteiger partial charge in [0.1, 0.15) is 0 Å². The van der Waals surface area contributed by atoms with Crippen LogP contribution in [0.2, 0.25) is 0 Å². The lowest BCUT2D eigenvalue weighted by Gasteiger charge is -2.32. The van der Waals surface area contributed by atoms with Crippen LogP contribution >= 0.6 is 0 Å². The topological polar surface area (TPSA) is 87.5 Å². The van der Waals surface area contributed by atoms with Crippen molar-refractivity contribution >= 4 is 17.8 Å². The number of fused-ring (bicyclic) bond motifs is 1. The molecule has 1 unspecified atom stereocenters. The second kappa shape index (κ2) is 6.45. The molecule has 1 aromatic rings. The van der Waals surface area contributed by atoms with Gasteiger partial charge in [0, 0.05) is 24.7 Å². The first-order valence-electron chi connectivity index (χ1n) is 9.04. The molecule has 4 rings (SSSR count). The van der Waals surface area contributed by atoms with E-state index in [1.165, 1.54) is 0 Å². The minimum absolute atomic E-state index is 0.0351. The van der Waals surface area contributed by atoms with E-state index in [-0.39, 0.29) is 17.9 Å². The number of piperidine rings is 1. The quantitative estimate of drug-likeness (QED) is 0.887. The third-order valence-electron chi connectivity index (χ3n) is 5.18. The first-order chi connectivity index (χ1) is 11.7. The fourth-order valence-corrected chi connectivity index (χ4v) is 3.57. The molecule has 1 atom stereocenters. The SMILES string of the molecule is O=C(Nc1onc2c1CCCC2)C1CCCN(C(=O)NC2CC2)C1. The van der Waals surface area contributed by atoms with Crippen molar-refractivity contribution in [3.8, 4) is 0 Å². The molecular weight excluding hydrogens is 308 g/mol. The van der Waals surface area contributed by atoms with E-state index in [2.05, 4.69) is 15.8 Å². The van der Waals surface area contributed by atoms with Crippen LogP contribution in [0.3, 0.4) is 0 Å². The van der Waals surface area contributed by atoms with Crippen LogP contribution in [0.4, 0.5) is 10.7 Å². The summed E-state index contributed by atoms with van der Waals surface area (Å²) in [4.78, 5) is 26.5. The average Bonchev–Trinajstić information content (AvgIpc) is 3.34. The molecule has 1 aliphatic heterocycles. The van der Waals surface area contributed by atoms with E-state index in [1.54, 1.807) is 4.90 Å². The van der Waals surface area contributed by atoms with Crippen molar-refractivity contribution < 1.29 is 14.1 Å². The maximum atomic E-state index is 12.6. The number of anilines is 1. The van der Waals surface area contributed by atoms with Gasteiger partial charge in [0.15, 0.2) is 0 Å². The van der Waals surface area contributed by atoms with Gasteiger partial charge in [0.05, 0.1) is 11.6 Å². The van der Waals surface area contributed by atoms with E-state index in [0.29, 0.717) is 18.5 Å². The second-order valence-electron chi connectivity index (χ2n) is 7.14. The number of carbonyl (C=O) groups excluding carboxylic acids is 2. The Morgan fingerprint density at radius 2 is 1.96 bits per heavy atom. The molecule has 2 fully saturated rings. The van der Waals surface area contributed by atoms with Crippen molar-refractivity contribution in [1.29, 1.82) is 0 Å². The van der Waals surface area contributed by atoms with Crippen LogP contribution in [0.5, 0.6) is 0 Å². The molecule has 7 nitrogen and oxygen atoms in total. The highest BCUT2D eigenvalue weighted by atomic mass is 16.5. The van der Waals surface area contributed by atoms with E-state index in [4.69, 9.17) is 4.52 Å². The number of aromatic nitrogens is 1. The second-order valence-corrected chi connectivity index (χ2v) is 7.14. The summed E-state index contributed by atoms with van der Waals surface area (Å²) in [6, 6.07) is 0.305. The Morgan fingerprint density at radius 1 is 1.12 bits per heavy atom. The molecule has 0 radical (unpaired) electrons. The minimum Gasteiger partial charge on any atom is -0.338 e. The van der Waals surface area contributed by atoms with Gasteiger partial charge in [-0.3, -0.25) is 10.1 Å². The average molecular weight is 332 g/mol. The van der Waals surface area contributed by atoms with Crippen LogP contribution in [0.15, 0.2) is 4.52 Å². The zero-order valence-corrected chi connectivity index (χ0v) is 13.8. The molecule has 1 aromatic heterocycles. The van der Waals surface area contributed by atoms with Crippen molar-refractivity contribution in [1.82, 2.24) is 15.4 Å². The van der Waals surface area contributed by atoms with E-state index < -0.39 is 0 Å². The maximum absolute atomic E-state index is 12.6. The van der Waals surface area contributed by atoms with Crippen LogP contribution < -0.4 is 10.6 Å². The molecule has 130 valence electrons. The Morgan fingerprint density at radius 3 is 2.79 bits per heavy atom. The number of aryl methyl sites for hydroxylation is 1. The lowest BCUT2D eigenvalue weighted by atomic mass is 9.96. The Balaban J connectivity index is 1.37. The number of amides is 3. The summed E-state index contributed by atoms with van der Waals surface area (Å²) in [5.41, 5.74) is 2.03. The molecule has 1 saturated heterocycles. The summed E-state index contributed by atoms with van der Waals surface area (Å²) in [6.45, 7) is 1.20. The fourth-order valence-electron chi connectivity index (χ4n) is 3.57. The standard InChI is InChI=1S/C17H24N4O3/c22-15(19-16-13-5-1-2-6-14(13)20-24-16)11-4-3-9-21(10-11)17(23)18-12-7-8-12/h11-12H,1-10H2,(H,18,23)(H,19,22). The van der Waals surface area contributed by atoms with Crippen LogP contribution in [0.25, 0.3) is 0 Å². The number of likely N-dealkylation sites (tertiary alicyclic amines) is 1. The predicted octanol–water partition coefficient (Wildman–Crippen LogP) is 2.08. The Kier molecular flexibility index (Phi) is 4.16. The lowest BCUT2D eigenvalue weighted by molar-refractivity contribution is -0.121. The largest absolute Gasteiger partial charge is 0.338 e. The Labute approximate surface area is 141 Å². The number of nitrogens with zero attached hydrogens (tertiary/aromatic N) is 2. The summed E-state index contributed by atoms with van der Waals surface area (Å²) >= 11 is 0. The molecular formula is C17H24N4O3. The van der Waals surface area contributed by atoms with Gasteiger partial charge in [0.2, 0.25) is 11.8 Å². The van der Waals surface area contributed by atoms with E-state index >= 15 is 0 Å². The summed E-state index contributed by atoms with van der Waals surface area (Å²) in [5, 5.41) is 9.98. The molecule has 3 aliphatic rings. The molecule has 7 heteroatoms. The van der Waals surface area contributed by atoms with Crippen LogP contribution in [-0.4, -0.2) is 41.1 Å². The smallest absolute Gasteiger partial charge is 0.317 e. The van der Waals surface area contributed by atoms with Gasteiger partial charge in [-0.25, -0.2) is 4.79 Å². The Hall–Kier alpha value is -2.05. The normalized spacial score (nSPS) is 23.5. The van der Waals surface area contributed by atoms with Crippen molar-refractivity contribution in [2.24, 2.45) is 5.92 Å². The number of urea groups is 1. The van der Waals surface area contributed by atoms with Gasteiger partial charge in [-0.2, -0.15) is 0 Å².